The molecule has 1 heterocycles. The summed E-state index contributed by atoms with van der Waals surface area (Å²) in [7, 11) is 2.10. The molecule has 0 aromatic carbocycles. The first kappa shape index (κ1) is 11.9. The molecule has 3 rings (SSSR count). The highest BCUT2D eigenvalue weighted by Crippen LogP contribution is 2.39. The van der Waals surface area contributed by atoms with Gasteiger partial charge in [0, 0.05) is 31.6 Å². The predicted octanol–water partition coefficient (Wildman–Crippen LogP) is 1.08. The molecule has 0 spiro atoms. The van der Waals surface area contributed by atoms with Crippen molar-refractivity contribution in [2.45, 2.75) is 44.2 Å². The van der Waals surface area contributed by atoms with Crippen LogP contribution in [0.4, 0.5) is 0 Å². The lowest BCUT2D eigenvalue weighted by molar-refractivity contribution is 0.121. The number of rotatable bonds is 3. The number of nitrogens with one attached hydrogen (secondary N) is 1. The fourth-order valence-electron chi connectivity index (χ4n) is 4.45. The molecule has 17 heavy (non-hydrogen) atoms. The summed E-state index contributed by atoms with van der Waals surface area (Å²) in [4.78, 5) is 2.62. The van der Waals surface area contributed by atoms with Crippen LogP contribution in [0.15, 0.2) is 0 Å². The quantitative estimate of drug-likeness (QED) is 0.772. The number of aliphatic hydroxyl groups is 1. The SMILES string of the molecule is CNC1CCCC1CN1CC2CCC(O)C2C1. The Kier molecular flexibility index (Phi) is 3.42. The van der Waals surface area contributed by atoms with Gasteiger partial charge in [0.1, 0.15) is 0 Å². The monoisotopic (exact) mass is 238 g/mol. The number of fused-ring (bicyclic) bond motifs is 1. The third kappa shape index (κ3) is 2.25. The normalized spacial score (nSPS) is 46.6. The van der Waals surface area contributed by atoms with Crippen molar-refractivity contribution in [3.8, 4) is 0 Å². The van der Waals surface area contributed by atoms with E-state index in [1.165, 1.54) is 38.8 Å². The third-order valence-electron chi connectivity index (χ3n) is 5.42. The van der Waals surface area contributed by atoms with Gasteiger partial charge in [-0.05, 0) is 44.6 Å². The van der Waals surface area contributed by atoms with E-state index in [4.69, 9.17) is 0 Å². The van der Waals surface area contributed by atoms with Crippen LogP contribution in [0.5, 0.6) is 0 Å². The standard InChI is InChI=1S/C14H26N2O/c1-15-13-4-2-3-11(13)8-16-7-10-5-6-14(17)12(10)9-16/h10-15,17H,2-9H2,1H3. The Morgan fingerprint density at radius 2 is 2.06 bits per heavy atom. The van der Waals surface area contributed by atoms with Crippen molar-refractivity contribution in [2.75, 3.05) is 26.7 Å². The van der Waals surface area contributed by atoms with Gasteiger partial charge >= 0.3 is 0 Å². The minimum absolute atomic E-state index is 0.00586. The predicted molar refractivity (Wildman–Crippen MR) is 68.8 cm³/mol. The molecule has 0 amide bonds. The van der Waals surface area contributed by atoms with Gasteiger partial charge < -0.3 is 15.3 Å². The molecule has 5 atom stereocenters. The Bertz CT molecular complexity index is 271. The molecule has 0 radical (unpaired) electrons. The van der Waals surface area contributed by atoms with Crippen LogP contribution in [0.2, 0.25) is 0 Å². The van der Waals surface area contributed by atoms with Gasteiger partial charge in [0.25, 0.3) is 0 Å². The second-order valence-electron chi connectivity index (χ2n) is 6.37. The van der Waals surface area contributed by atoms with Crippen molar-refractivity contribution in [2.24, 2.45) is 17.8 Å². The number of aliphatic hydroxyl groups excluding tert-OH is 1. The highest BCUT2D eigenvalue weighted by atomic mass is 16.3. The largest absolute Gasteiger partial charge is 0.393 e. The Morgan fingerprint density at radius 1 is 1.18 bits per heavy atom. The van der Waals surface area contributed by atoms with Crippen LogP contribution in [0, 0.1) is 17.8 Å². The summed E-state index contributed by atoms with van der Waals surface area (Å²) in [5.41, 5.74) is 0. The van der Waals surface area contributed by atoms with Crippen molar-refractivity contribution in [1.29, 1.82) is 0 Å². The molecule has 3 nitrogen and oxygen atoms in total. The van der Waals surface area contributed by atoms with Gasteiger partial charge in [-0.25, -0.2) is 0 Å². The molecule has 0 aromatic heterocycles. The van der Waals surface area contributed by atoms with Crippen LogP contribution in [-0.4, -0.2) is 48.8 Å². The average Bonchev–Trinajstić information content (AvgIpc) is 2.98. The lowest BCUT2D eigenvalue weighted by Gasteiger charge is -2.26. The van der Waals surface area contributed by atoms with E-state index in [2.05, 4.69) is 17.3 Å². The molecule has 0 bridgehead atoms. The number of hydrogen-bond acceptors (Lipinski definition) is 3. The summed E-state index contributed by atoms with van der Waals surface area (Å²) < 4.78 is 0. The van der Waals surface area contributed by atoms with E-state index in [9.17, 15) is 5.11 Å². The van der Waals surface area contributed by atoms with Gasteiger partial charge in [0.15, 0.2) is 0 Å². The second-order valence-corrected chi connectivity index (χ2v) is 6.37. The molecule has 3 aliphatic rings. The fraction of sp³-hybridized carbons (Fsp3) is 1.00. The van der Waals surface area contributed by atoms with Gasteiger partial charge in [0.2, 0.25) is 0 Å². The number of nitrogens with zero attached hydrogens (tertiary/aromatic N) is 1. The molecular weight excluding hydrogens is 212 g/mol. The zero-order valence-corrected chi connectivity index (χ0v) is 10.9. The van der Waals surface area contributed by atoms with Crippen molar-refractivity contribution in [1.82, 2.24) is 10.2 Å². The minimum atomic E-state index is -0.00586. The van der Waals surface area contributed by atoms with Gasteiger partial charge in [-0.15, -0.1) is 0 Å². The average molecular weight is 238 g/mol. The molecular formula is C14H26N2O. The van der Waals surface area contributed by atoms with Crippen LogP contribution in [-0.2, 0) is 0 Å². The molecule has 2 N–H and O–H groups in total. The summed E-state index contributed by atoms with van der Waals surface area (Å²) in [6.45, 7) is 3.65. The van der Waals surface area contributed by atoms with E-state index >= 15 is 0 Å². The molecule has 3 fully saturated rings. The second kappa shape index (κ2) is 4.87. The summed E-state index contributed by atoms with van der Waals surface area (Å²) >= 11 is 0. The number of likely N-dealkylation sites (tertiary alicyclic amines) is 1. The van der Waals surface area contributed by atoms with Gasteiger partial charge in [-0.1, -0.05) is 6.42 Å². The fourth-order valence-corrected chi connectivity index (χ4v) is 4.45. The van der Waals surface area contributed by atoms with Crippen LogP contribution in [0.25, 0.3) is 0 Å². The van der Waals surface area contributed by atoms with Crippen molar-refractivity contribution >= 4 is 0 Å². The maximum absolute atomic E-state index is 9.94. The molecule has 2 aliphatic carbocycles. The molecule has 98 valence electrons. The van der Waals surface area contributed by atoms with Gasteiger partial charge in [0.05, 0.1) is 6.10 Å². The minimum Gasteiger partial charge on any atom is -0.393 e. The zero-order chi connectivity index (χ0) is 11.8. The van der Waals surface area contributed by atoms with Crippen molar-refractivity contribution in [3.63, 3.8) is 0 Å². The lowest BCUT2D eigenvalue weighted by Crippen LogP contribution is -2.37. The van der Waals surface area contributed by atoms with E-state index in [1.807, 2.05) is 0 Å². The Labute approximate surface area is 105 Å². The van der Waals surface area contributed by atoms with Crippen LogP contribution in [0.3, 0.4) is 0 Å². The molecule has 1 saturated heterocycles. The van der Waals surface area contributed by atoms with Gasteiger partial charge in [-0.2, -0.15) is 0 Å². The summed E-state index contributed by atoms with van der Waals surface area (Å²) in [6, 6.07) is 0.736. The van der Waals surface area contributed by atoms with Crippen molar-refractivity contribution < 1.29 is 5.11 Å². The maximum Gasteiger partial charge on any atom is 0.0583 e. The first-order chi connectivity index (χ1) is 8.28. The highest BCUT2D eigenvalue weighted by Gasteiger charge is 2.42. The topological polar surface area (TPSA) is 35.5 Å². The van der Waals surface area contributed by atoms with Crippen LogP contribution in [0.1, 0.15) is 32.1 Å². The van der Waals surface area contributed by atoms with Gasteiger partial charge in [-0.3, -0.25) is 0 Å². The van der Waals surface area contributed by atoms with E-state index in [0.717, 1.165) is 30.8 Å². The van der Waals surface area contributed by atoms with E-state index in [1.54, 1.807) is 0 Å². The Morgan fingerprint density at radius 3 is 2.82 bits per heavy atom. The first-order valence-electron chi connectivity index (χ1n) is 7.35. The molecule has 1 aliphatic heterocycles. The van der Waals surface area contributed by atoms with E-state index in [-0.39, 0.29) is 6.10 Å². The third-order valence-corrected chi connectivity index (χ3v) is 5.42. The molecule has 0 aromatic rings. The summed E-state index contributed by atoms with van der Waals surface area (Å²) in [5.74, 6) is 2.22. The van der Waals surface area contributed by atoms with E-state index < -0.39 is 0 Å². The van der Waals surface area contributed by atoms with Crippen molar-refractivity contribution in [3.05, 3.63) is 0 Å². The van der Waals surface area contributed by atoms with E-state index in [0.29, 0.717) is 5.92 Å². The first-order valence-corrected chi connectivity index (χ1v) is 7.35. The smallest absolute Gasteiger partial charge is 0.0583 e. The lowest BCUT2D eigenvalue weighted by atomic mass is 10.00. The molecule has 3 heteroatoms. The summed E-state index contributed by atoms with van der Waals surface area (Å²) in [6.07, 6.45) is 6.42. The molecule has 5 unspecified atom stereocenters. The Hall–Kier alpha value is -0.120. The maximum atomic E-state index is 9.94. The van der Waals surface area contributed by atoms with Crippen LogP contribution < -0.4 is 5.32 Å². The zero-order valence-electron chi connectivity index (χ0n) is 10.9. The molecule has 2 saturated carbocycles. The summed E-state index contributed by atoms with van der Waals surface area (Å²) in [5, 5.41) is 13.4. The highest BCUT2D eigenvalue weighted by molar-refractivity contribution is 4.95. The number of hydrogen-bond donors (Lipinski definition) is 2. The Balaban J connectivity index is 1.54. The van der Waals surface area contributed by atoms with Crippen LogP contribution >= 0.6 is 0 Å².